The van der Waals surface area contributed by atoms with Crippen molar-refractivity contribution in [3.8, 4) is 0 Å². The van der Waals surface area contributed by atoms with Gasteiger partial charge in [-0.15, -0.1) is 0 Å². The molecule has 122 valence electrons. The van der Waals surface area contributed by atoms with Crippen molar-refractivity contribution in [2.24, 2.45) is 0 Å². The summed E-state index contributed by atoms with van der Waals surface area (Å²) in [6.45, 7) is 4.83. The second kappa shape index (κ2) is 5.78. The summed E-state index contributed by atoms with van der Waals surface area (Å²) in [6.07, 6.45) is 1.74. The van der Waals surface area contributed by atoms with Crippen LogP contribution in [-0.4, -0.2) is 22.0 Å². The van der Waals surface area contributed by atoms with E-state index in [0.717, 1.165) is 41.9 Å². The van der Waals surface area contributed by atoms with Crippen molar-refractivity contribution < 1.29 is 4.79 Å². The van der Waals surface area contributed by atoms with Crippen molar-refractivity contribution in [3.63, 3.8) is 0 Å². The molecule has 4 heteroatoms. The third kappa shape index (κ3) is 2.21. The van der Waals surface area contributed by atoms with Crippen LogP contribution in [0.3, 0.4) is 0 Å². The molecule has 4 rings (SSSR count). The molecular formula is C20H21N3O. The average Bonchev–Trinajstić information content (AvgIpc) is 3.21. The SMILES string of the molecule is CCc1nc2ccccc2n1[C@H](C)C(=O)N1CCc2ccccc21. The van der Waals surface area contributed by atoms with Gasteiger partial charge in [0.05, 0.1) is 11.0 Å². The molecule has 0 bridgehead atoms. The number of benzene rings is 2. The monoisotopic (exact) mass is 319 g/mol. The lowest BCUT2D eigenvalue weighted by Crippen LogP contribution is -2.35. The average molecular weight is 319 g/mol. The Hall–Kier alpha value is -2.62. The third-order valence-electron chi connectivity index (χ3n) is 4.88. The maximum absolute atomic E-state index is 13.2. The lowest BCUT2D eigenvalue weighted by Gasteiger charge is -2.24. The number of aryl methyl sites for hydroxylation is 1. The first-order valence-corrected chi connectivity index (χ1v) is 8.56. The predicted octanol–water partition coefficient (Wildman–Crippen LogP) is 3.75. The molecule has 1 aliphatic rings. The van der Waals surface area contributed by atoms with Gasteiger partial charge in [0.2, 0.25) is 5.91 Å². The van der Waals surface area contributed by atoms with Crippen LogP contribution in [0.15, 0.2) is 48.5 Å². The minimum absolute atomic E-state index is 0.137. The summed E-state index contributed by atoms with van der Waals surface area (Å²) >= 11 is 0. The zero-order valence-corrected chi connectivity index (χ0v) is 14.1. The summed E-state index contributed by atoms with van der Waals surface area (Å²) in [6, 6.07) is 16.0. The number of hydrogen-bond donors (Lipinski definition) is 0. The molecule has 0 N–H and O–H groups in total. The maximum Gasteiger partial charge on any atom is 0.249 e. The Morgan fingerprint density at radius 2 is 1.92 bits per heavy atom. The van der Waals surface area contributed by atoms with Gasteiger partial charge in [-0.3, -0.25) is 4.79 Å². The summed E-state index contributed by atoms with van der Waals surface area (Å²) in [5.74, 6) is 1.10. The summed E-state index contributed by atoms with van der Waals surface area (Å²) < 4.78 is 2.10. The summed E-state index contributed by atoms with van der Waals surface area (Å²) in [5.41, 5.74) is 4.29. The highest BCUT2D eigenvalue weighted by molar-refractivity contribution is 5.98. The number of fused-ring (bicyclic) bond motifs is 2. The fourth-order valence-corrected chi connectivity index (χ4v) is 3.68. The van der Waals surface area contributed by atoms with Gasteiger partial charge >= 0.3 is 0 Å². The molecule has 2 aromatic carbocycles. The van der Waals surface area contributed by atoms with Crippen molar-refractivity contribution in [2.75, 3.05) is 11.4 Å². The Morgan fingerprint density at radius 1 is 1.17 bits per heavy atom. The number of carbonyl (C=O) groups excluding carboxylic acids is 1. The second-order valence-electron chi connectivity index (χ2n) is 6.28. The normalized spacial score (nSPS) is 14.8. The van der Waals surface area contributed by atoms with Gasteiger partial charge in [0.1, 0.15) is 11.9 Å². The molecule has 0 fully saturated rings. The largest absolute Gasteiger partial charge is 0.316 e. The van der Waals surface area contributed by atoms with Crippen molar-refractivity contribution >= 4 is 22.6 Å². The van der Waals surface area contributed by atoms with Gasteiger partial charge in [-0.05, 0) is 37.1 Å². The van der Waals surface area contributed by atoms with Crippen molar-refractivity contribution in [1.29, 1.82) is 0 Å². The highest BCUT2D eigenvalue weighted by Gasteiger charge is 2.30. The molecule has 0 radical (unpaired) electrons. The highest BCUT2D eigenvalue weighted by atomic mass is 16.2. The molecule has 3 aromatic rings. The summed E-state index contributed by atoms with van der Waals surface area (Å²) in [7, 11) is 0. The zero-order chi connectivity index (χ0) is 16.7. The third-order valence-corrected chi connectivity index (χ3v) is 4.88. The van der Waals surface area contributed by atoms with E-state index in [9.17, 15) is 4.79 Å². The molecule has 0 spiro atoms. The van der Waals surface area contributed by atoms with E-state index in [-0.39, 0.29) is 11.9 Å². The maximum atomic E-state index is 13.2. The van der Waals surface area contributed by atoms with E-state index in [4.69, 9.17) is 4.98 Å². The highest BCUT2D eigenvalue weighted by Crippen LogP contribution is 2.31. The van der Waals surface area contributed by atoms with E-state index in [0.29, 0.717) is 0 Å². The molecule has 1 aromatic heterocycles. The second-order valence-corrected chi connectivity index (χ2v) is 6.28. The molecule has 1 amide bonds. The molecule has 24 heavy (non-hydrogen) atoms. The van der Waals surface area contributed by atoms with E-state index >= 15 is 0 Å². The van der Waals surface area contributed by atoms with Gasteiger partial charge in [-0.1, -0.05) is 37.3 Å². The molecule has 4 nitrogen and oxygen atoms in total. The smallest absolute Gasteiger partial charge is 0.249 e. The zero-order valence-electron chi connectivity index (χ0n) is 14.1. The number of amides is 1. The number of anilines is 1. The number of carbonyl (C=O) groups is 1. The van der Waals surface area contributed by atoms with Gasteiger partial charge in [-0.25, -0.2) is 4.98 Å². The lowest BCUT2D eigenvalue weighted by atomic mass is 10.2. The number of rotatable bonds is 3. The van der Waals surface area contributed by atoms with Crippen molar-refractivity contribution in [2.45, 2.75) is 32.7 Å². The number of imidazole rings is 1. The molecule has 0 unspecified atom stereocenters. The van der Waals surface area contributed by atoms with Crippen LogP contribution >= 0.6 is 0 Å². The van der Waals surface area contributed by atoms with Gasteiger partial charge in [-0.2, -0.15) is 0 Å². The summed E-state index contributed by atoms with van der Waals surface area (Å²) in [5, 5.41) is 0. The molecule has 1 aliphatic heterocycles. The van der Waals surface area contributed by atoms with Crippen LogP contribution in [0.2, 0.25) is 0 Å². The molecule has 2 heterocycles. The topological polar surface area (TPSA) is 38.1 Å². The molecule has 0 saturated heterocycles. The molecule has 0 saturated carbocycles. The quantitative estimate of drug-likeness (QED) is 0.737. The van der Waals surface area contributed by atoms with E-state index < -0.39 is 0 Å². The van der Waals surface area contributed by atoms with E-state index in [1.807, 2.05) is 54.3 Å². The Bertz CT molecular complexity index is 912. The number of aromatic nitrogens is 2. The Morgan fingerprint density at radius 3 is 2.75 bits per heavy atom. The van der Waals surface area contributed by atoms with Crippen molar-refractivity contribution in [3.05, 3.63) is 59.9 Å². The predicted molar refractivity (Wildman–Crippen MR) is 96.3 cm³/mol. The first-order chi connectivity index (χ1) is 11.7. The van der Waals surface area contributed by atoms with Crippen LogP contribution in [0.5, 0.6) is 0 Å². The van der Waals surface area contributed by atoms with E-state index in [2.05, 4.69) is 17.6 Å². The minimum atomic E-state index is -0.265. The van der Waals surface area contributed by atoms with Gasteiger partial charge < -0.3 is 9.47 Å². The van der Waals surface area contributed by atoms with Gasteiger partial charge in [0.25, 0.3) is 0 Å². The molecular weight excluding hydrogens is 298 g/mol. The lowest BCUT2D eigenvalue weighted by molar-refractivity contribution is -0.121. The van der Waals surface area contributed by atoms with Gasteiger partial charge in [0.15, 0.2) is 0 Å². The Labute approximate surface area is 141 Å². The number of hydrogen-bond acceptors (Lipinski definition) is 2. The summed E-state index contributed by atoms with van der Waals surface area (Å²) in [4.78, 5) is 19.8. The van der Waals surface area contributed by atoms with E-state index in [1.54, 1.807) is 0 Å². The number of nitrogens with zero attached hydrogens (tertiary/aromatic N) is 3. The van der Waals surface area contributed by atoms with Crippen LogP contribution in [0.4, 0.5) is 5.69 Å². The standard InChI is InChI=1S/C20H21N3O/c1-3-19-21-16-9-5-7-11-18(16)23(19)14(2)20(24)22-13-12-15-8-4-6-10-17(15)22/h4-11,14H,3,12-13H2,1-2H3/t14-/m1/s1. The minimum Gasteiger partial charge on any atom is -0.316 e. The molecule has 1 atom stereocenters. The van der Waals surface area contributed by atoms with Crippen molar-refractivity contribution in [1.82, 2.24) is 9.55 Å². The fourth-order valence-electron chi connectivity index (χ4n) is 3.68. The molecule has 0 aliphatic carbocycles. The number of para-hydroxylation sites is 3. The van der Waals surface area contributed by atoms with Crippen LogP contribution in [0.25, 0.3) is 11.0 Å². The van der Waals surface area contributed by atoms with E-state index in [1.165, 1.54) is 5.56 Å². The van der Waals surface area contributed by atoms with Crippen LogP contribution in [-0.2, 0) is 17.6 Å². The van der Waals surface area contributed by atoms with Crippen LogP contribution < -0.4 is 4.90 Å². The first kappa shape index (κ1) is 14.9. The van der Waals surface area contributed by atoms with Crippen LogP contribution in [0, 0.1) is 0 Å². The fraction of sp³-hybridized carbons (Fsp3) is 0.300. The Kier molecular flexibility index (Phi) is 3.60. The Balaban J connectivity index is 1.74. The van der Waals surface area contributed by atoms with Gasteiger partial charge in [0, 0.05) is 18.7 Å². The van der Waals surface area contributed by atoms with Crippen LogP contribution in [0.1, 0.15) is 31.3 Å². The first-order valence-electron chi connectivity index (χ1n) is 8.56.